The van der Waals surface area contributed by atoms with Gasteiger partial charge in [-0.3, -0.25) is 0 Å². The number of rotatable bonds is 6. The molecule has 0 saturated heterocycles. The Morgan fingerprint density at radius 1 is 1.48 bits per heavy atom. The Kier molecular flexibility index (Phi) is 4.74. The van der Waals surface area contributed by atoms with Gasteiger partial charge in [0.15, 0.2) is 0 Å². The molecule has 2 heterocycles. The van der Waals surface area contributed by atoms with Crippen molar-refractivity contribution in [2.75, 3.05) is 25.2 Å². The van der Waals surface area contributed by atoms with E-state index >= 15 is 0 Å². The van der Waals surface area contributed by atoms with Crippen LogP contribution in [0, 0.1) is 6.92 Å². The van der Waals surface area contributed by atoms with Gasteiger partial charge in [-0.15, -0.1) is 11.3 Å². The number of carboxylic acids is 1. The van der Waals surface area contributed by atoms with Gasteiger partial charge in [-0.25, -0.2) is 14.8 Å². The van der Waals surface area contributed by atoms with E-state index in [9.17, 15) is 9.90 Å². The van der Waals surface area contributed by atoms with Gasteiger partial charge in [0.05, 0.1) is 12.0 Å². The largest absolute Gasteiger partial charge is 0.477 e. The fourth-order valence-corrected chi connectivity index (χ4v) is 3.26. The molecule has 0 aliphatic heterocycles. The molecular formula is C14H19N3O3S. The van der Waals surface area contributed by atoms with Crippen LogP contribution in [0.1, 0.15) is 29.1 Å². The molecule has 0 spiro atoms. The SMILES string of the molecule is COCCN(c1ncnc2sc(C(=O)O)c(C)c12)C(C)C. The lowest BCUT2D eigenvalue weighted by molar-refractivity contribution is 0.0701. The van der Waals surface area contributed by atoms with Crippen LogP contribution >= 0.6 is 11.3 Å². The first-order valence-corrected chi connectivity index (χ1v) is 7.52. The average Bonchev–Trinajstić information content (AvgIpc) is 2.77. The van der Waals surface area contributed by atoms with Crippen LogP contribution in [0.2, 0.25) is 0 Å². The van der Waals surface area contributed by atoms with E-state index in [4.69, 9.17) is 4.74 Å². The van der Waals surface area contributed by atoms with Gasteiger partial charge in [-0.05, 0) is 26.3 Å². The van der Waals surface area contributed by atoms with Gasteiger partial charge in [0.1, 0.15) is 21.9 Å². The number of anilines is 1. The molecule has 0 aliphatic rings. The molecule has 2 aromatic rings. The van der Waals surface area contributed by atoms with Gasteiger partial charge in [0.25, 0.3) is 0 Å². The molecule has 0 saturated carbocycles. The number of carboxylic acid groups (broad SMARTS) is 1. The number of nitrogens with zero attached hydrogens (tertiary/aromatic N) is 3. The van der Waals surface area contributed by atoms with Crippen LogP contribution in [-0.2, 0) is 4.74 Å². The van der Waals surface area contributed by atoms with Gasteiger partial charge in [0.2, 0.25) is 0 Å². The molecule has 114 valence electrons. The van der Waals surface area contributed by atoms with E-state index in [-0.39, 0.29) is 6.04 Å². The standard InChI is InChI=1S/C14H19N3O3S/c1-8(2)17(5-6-20-4)12-10-9(3)11(14(18)19)21-13(10)16-7-15-12/h7-8H,5-6H2,1-4H3,(H,18,19). The zero-order valence-electron chi connectivity index (χ0n) is 12.6. The first-order valence-electron chi connectivity index (χ1n) is 6.70. The number of fused-ring (bicyclic) bond motifs is 1. The van der Waals surface area contributed by atoms with E-state index in [2.05, 4.69) is 28.7 Å². The smallest absolute Gasteiger partial charge is 0.346 e. The Bertz CT molecular complexity index is 654. The molecule has 0 radical (unpaired) electrons. The van der Waals surface area contributed by atoms with Crippen LogP contribution in [0.15, 0.2) is 6.33 Å². The third kappa shape index (κ3) is 2.98. The van der Waals surface area contributed by atoms with Crippen LogP contribution in [0.3, 0.4) is 0 Å². The van der Waals surface area contributed by atoms with E-state index in [1.54, 1.807) is 7.11 Å². The minimum Gasteiger partial charge on any atom is -0.477 e. The Morgan fingerprint density at radius 2 is 2.19 bits per heavy atom. The summed E-state index contributed by atoms with van der Waals surface area (Å²) in [6.07, 6.45) is 1.49. The molecule has 7 heteroatoms. The predicted molar refractivity (Wildman–Crippen MR) is 83.5 cm³/mol. The zero-order chi connectivity index (χ0) is 15.6. The number of hydrogen-bond donors (Lipinski definition) is 1. The third-order valence-corrected chi connectivity index (χ3v) is 4.52. The number of ether oxygens (including phenoxy) is 1. The molecule has 0 unspecified atom stereocenters. The number of carbonyl (C=O) groups is 1. The Hall–Kier alpha value is -1.73. The van der Waals surface area contributed by atoms with E-state index in [1.165, 1.54) is 17.7 Å². The number of thiophene rings is 1. The highest BCUT2D eigenvalue weighted by molar-refractivity contribution is 7.20. The highest BCUT2D eigenvalue weighted by Crippen LogP contribution is 2.35. The number of methoxy groups -OCH3 is 1. The van der Waals surface area contributed by atoms with Gasteiger partial charge in [-0.1, -0.05) is 0 Å². The Balaban J connectivity index is 2.59. The molecule has 0 amide bonds. The quantitative estimate of drug-likeness (QED) is 0.884. The Labute approximate surface area is 127 Å². The summed E-state index contributed by atoms with van der Waals surface area (Å²) in [7, 11) is 1.66. The summed E-state index contributed by atoms with van der Waals surface area (Å²) in [5.74, 6) is -0.150. The second-order valence-corrected chi connectivity index (χ2v) is 6.02. The normalized spacial score (nSPS) is 11.3. The average molecular weight is 309 g/mol. The van der Waals surface area contributed by atoms with Crippen molar-refractivity contribution in [1.82, 2.24) is 9.97 Å². The monoisotopic (exact) mass is 309 g/mol. The molecule has 0 bridgehead atoms. The fraction of sp³-hybridized carbons (Fsp3) is 0.500. The molecule has 0 aromatic carbocycles. The molecule has 0 aliphatic carbocycles. The van der Waals surface area contributed by atoms with Crippen molar-refractivity contribution >= 4 is 33.3 Å². The highest BCUT2D eigenvalue weighted by atomic mass is 32.1. The second-order valence-electron chi connectivity index (χ2n) is 5.02. The maximum Gasteiger partial charge on any atom is 0.346 e. The fourth-order valence-electron chi connectivity index (χ4n) is 2.27. The predicted octanol–water partition coefficient (Wildman–Crippen LogP) is 2.56. The topological polar surface area (TPSA) is 75.5 Å². The van der Waals surface area contributed by atoms with Crippen LogP contribution < -0.4 is 4.90 Å². The number of aryl methyl sites for hydroxylation is 1. The molecule has 1 N–H and O–H groups in total. The van der Waals surface area contributed by atoms with Gasteiger partial charge in [0, 0.05) is 19.7 Å². The minimum absolute atomic E-state index is 0.228. The third-order valence-electron chi connectivity index (χ3n) is 3.33. The summed E-state index contributed by atoms with van der Waals surface area (Å²) >= 11 is 1.19. The molecule has 6 nitrogen and oxygen atoms in total. The molecular weight excluding hydrogens is 290 g/mol. The maximum absolute atomic E-state index is 11.3. The van der Waals surface area contributed by atoms with Crippen molar-refractivity contribution < 1.29 is 14.6 Å². The minimum atomic E-state index is -0.922. The molecule has 2 rings (SSSR count). The van der Waals surface area contributed by atoms with Crippen LogP contribution in [0.5, 0.6) is 0 Å². The lowest BCUT2D eigenvalue weighted by atomic mass is 10.2. The second kappa shape index (κ2) is 6.36. The summed E-state index contributed by atoms with van der Waals surface area (Å²) in [5.41, 5.74) is 0.723. The molecule has 21 heavy (non-hydrogen) atoms. The van der Waals surface area contributed by atoms with Crippen molar-refractivity contribution in [3.05, 3.63) is 16.8 Å². The molecule has 2 aromatic heterocycles. The molecule has 0 fully saturated rings. The summed E-state index contributed by atoms with van der Waals surface area (Å²) in [5, 5.41) is 10.1. The van der Waals surface area contributed by atoms with Gasteiger partial charge in [-0.2, -0.15) is 0 Å². The lowest BCUT2D eigenvalue weighted by Crippen LogP contribution is -2.34. The van der Waals surface area contributed by atoms with Crippen molar-refractivity contribution in [3.8, 4) is 0 Å². The first-order chi connectivity index (χ1) is 9.97. The first kappa shape index (κ1) is 15.7. The van der Waals surface area contributed by atoms with Gasteiger partial charge >= 0.3 is 5.97 Å². The van der Waals surface area contributed by atoms with Crippen molar-refractivity contribution in [3.63, 3.8) is 0 Å². The van der Waals surface area contributed by atoms with E-state index in [1.807, 2.05) is 6.92 Å². The van der Waals surface area contributed by atoms with Crippen LogP contribution in [0.4, 0.5) is 5.82 Å². The van der Waals surface area contributed by atoms with E-state index < -0.39 is 5.97 Å². The van der Waals surface area contributed by atoms with E-state index in [0.717, 1.165) is 16.8 Å². The lowest BCUT2D eigenvalue weighted by Gasteiger charge is -2.28. The highest BCUT2D eigenvalue weighted by Gasteiger charge is 2.22. The van der Waals surface area contributed by atoms with Crippen molar-refractivity contribution in [1.29, 1.82) is 0 Å². The zero-order valence-corrected chi connectivity index (χ0v) is 13.4. The van der Waals surface area contributed by atoms with Crippen molar-refractivity contribution in [2.24, 2.45) is 0 Å². The summed E-state index contributed by atoms with van der Waals surface area (Å²) in [6, 6.07) is 0.228. The maximum atomic E-state index is 11.3. The number of hydrogen-bond acceptors (Lipinski definition) is 6. The van der Waals surface area contributed by atoms with Crippen LogP contribution in [0.25, 0.3) is 10.2 Å². The number of aromatic carboxylic acids is 1. The Morgan fingerprint density at radius 3 is 2.76 bits per heavy atom. The molecule has 0 atom stereocenters. The summed E-state index contributed by atoms with van der Waals surface area (Å²) in [4.78, 5) is 23.0. The van der Waals surface area contributed by atoms with Crippen LogP contribution in [-0.4, -0.2) is 47.3 Å². The number of aromatic nitrogens is 2. The summed E-state index contributed by atoms with van der Waals surface area (Å²) < 4.78 is 5.15. The summed E-state index contributed by atoms with van der Waals surface area (Å²) in [6.45, 7) is 7.23. The van der Waals surface area contributed by atoms with E-state index in [0.29, 0.717) is 22.9 Å². The van der Waals surface area contributed by atoms with Crippen molar-refractivity contribution in [2.45, 2.75) is 26.8 Å². The van der Waals surface area contributed by atoms with Gasteiger partial charge < -0.3 is 14.7 Å².